The molecule has 2 aromatic rings. The third-order valence-corrected chi connectivity index (χ3v) is 2.01. The average Bonchev–Trinajstić information content (AvgIpc) is 2.33. The third kappa shape index (κ3) is 2.42. The Labute approximate surface area is 92.9 Å². The number of benzene rings is 1. The quantitative estimate of drug-likeness (QED) is 0.736. The van der Waals surface area contributed by atoms with Crippen LogP contribution < -0.4 is 4.74 Å². The summed E-state index contributed by atoms with van der Waals surface area (Å²) in [6.07, 6.45) is 3.53. The van der Waals surface area contributed by atoms with Gasteiger partial charge in [-0.15, -0.1) is 0 Å². The van der Waals surface area contributed by atoms with Gasteiger partial charge in [0.2, 0.25) is 0 Å². The van der Waals surface area contributed by atoms with E-state index in [1.54, 1.807) is 0 Å². The second-order valence-electron chi connectivity index (χ2n) is 3.33. The highest BCUT2D eigenvalue weighted by atomic mass is 16.5. The van der Waals surface area contributed by atoms with Crippen molar-refractivity contribution >= 4 is 6.29 Å². The molecule has 2 rings (SSSR count). The average molecular weight is 214 g/mol. The highest BCUT2D eigenvalue weighted by molar-refractivity contribution is 5.73. The summed E-state index contributed by atoms with van der Waals surface area (Å²) in [6, 6.07) is 7.79. The number of ether oxygens (including phenoxy) is 1. The summed E-state index contributed by atoms with van der Waals surface area (Å²) in [5.74, 6) is 0.671. The SMILES string of the molecule is Cc1ccc(Oc2ncc(C=O)cn2)cc1. The van der Waals surface area contributed by atoms with Crippen molar-refractivity contribution in [2.75, 3.05) is 0 Å². The van der Waals surface area contributed by atoms with Crippen LogP contribution in [0.1, 0.15) is 15.9 Å². The molecule has 80 valence electrons. The lowest BCUT2D eigenvalue weighted by Gasteiger charge is -2.03. The predicted octanol–water partition coefficient (Wildman–Crippen LogP) is 2.39. The fourth-order valence-electron chi connectivity index (χ4n) is 1.15. The van der Waals surface area contributed by atoms with Gasteiger partial charge in [-0.1, -0.05) is 17.7 Å². The highest BCUT2D eigenvalue weighted by Gasteiger charge is 1.99. The van der Waals surface area contributed by atoms with Crippen LogP contribution in [0.2, 0.25) is 0 Å². The van der Waals surface area contributed by atoms with Crippen molar-refractivity contribution in [2.45, 2.75) is 6.92 Å². The van der Waals surface area contributed by atoms with Crippen LogP contribution in [0.4, 0.5) is 0 Å². The van der Waals surface area contributed by atoms with E-state index >= 15 is 0 Å². The molecule has 1 aromatic heterocycles. The number of aldehydes is 1. The number of hydrogen-bond acceptors (Lipinski definition) is 4. The summed E-state index contributed by atoms with van der Waals surface area (Å²) < 4.78 is 5.39. The highest BCUT2D eigenvalue weighted by Crippen LogP contribution is 2.17. The Morgan fingerprint density at radius 1 is 1.12 bits per heavy atom. The van der Waals surface area contributed by atoms with Crippen molar-refractivity contribution in [3.63, 3.8) is 0 Å². The Hall–Kier alpha value is -2.23. The lowest BCUT2D eigenvalue weighted by molar-refractivity contribution is 0.112. The minimum absolute atomic E-state index is 0.231. The lowest BCUT2D eigenvalue weighted by atomic mass is 10.2. The van der Waals surface area contributed by atoms with E-state index in [9.17, 15) is 4.79 Å². The van der Waals surface area contributed by atoms with Crippen LogP contribution in [0.15, 0.2) is 36.7 Å². The molecular formula is C12H10N2O2. The van der Waals surface area contributed by atoms with Crippen molar-refractivity contribution in [3.05, 3.63) is 47.8 Å². The molecule has 0 N–H and O–H groups in total. The normalized spacial score (nSPS) is 9.81. The lowest BCUT2D eigenvalue weighted by Crippen LogP contribution is -1.93. The van der Waals surface area contributed by atoms with Gasteiger partial charge in [0.1, 0.15) is 5.75 Å². The van der Waals surface area contributed by atoms with E-state index in [-0.39, 0.29) is 6.01 Å². The molecule has 0 bridgehead atoms. The minimum Gasteiger partial charge on any atom is -0.424 e. The van der Waals surface area contributed by atoms with Crippen LogP contribution in [0.25, 0.3) is 0 Å². The molecule has 0 amide bonds. The second-order valence-corrected chi connectivity index (χ2v) is 3.33. The molecule has 0 aliphatic heterocycles. The van der Waals surface area contributed by atoms with Gasteiger partial charge >= 0.3 is 6.01 Å². The molecule has 1 aromatic carbocycles. The van der Waals surface area contributed by atoms with E-state index in [0.717, 1.165) is 5.56 Å². The van der Waals surface area contributed by atoms with Crippen LogP contribution in [0.5, 0.6) is 11.8 Å². The molecular weight excluding hydrogens is 204 g/mol. The second kappa shape index (κ2) is 4.53. The smallest absolute Gasteiger partial charge is 0.321 e. The van der Waals surface area contributed by atoms with Crippen LogP contribution in [-0.2, 0) is 0 Å². The summed E-state index contributed by atoms with van der Waals surface area (Å²) >= 11 is 0. The van der Waals surface area contributed by atoms with Gasteiger partial charge in [0.15, 0.2) is 6.29 Å². The third-order valence-electron chi connectivity index (χ3n) is 2.01. The zero-order chi connectivity index (χ0) is 11.4. The zero-order valence-corrected chi connectivity index (χ0v) is 8.75. The summed E-state index contributed by atoms with van der Waals surface area (Å²) in [6.45, 7) is 2.00. The number of carbonyl (C=O) groups excluding carboxylic acids is 1. The molecule has 0 spiro atoms. The van der Waals surface area contributed by atoms with E-state index in [4.69, 9.17) is 4.74 Å². The first kappa shape index (κ1) is 10.3. The van der Waals surface area contributed by atoms with Gasteiger partial charge in [-0.05, 0) is 19.1 Å². The maximum atomic E-state index is 10.4. The summed E-state index contributed by atoms with van der Waals surface area (Å²) in [5, 5.41) is 0. The van der Waals surface area contributed by atoms with Gasteiger partial charge < -0.3 is 4.74 Å². The molecule has 4 heteroatoms. The maximum Gasteiger partial charge on any atom is 0.321 e. The van der Waals surface area contributed by atoms with Crippen LogP contribution in [0, 0.1) is 6.92 Å². The Balaban J connectivity index is 2.14. The van der Waals surface area contributed by atoms with Crippen molar-refractivity contribution in [1.82, 2.24) is 9.97 Å². The molecule has 0 aliphatic rings. The number of nitrogens with zero attached hydrogens (tertiary/aromatic N) is 2. The summed E-state index contributed by atoms with van der Waals surface area (Å²) in [7, 11) is 0. The molecule has 0 radical (unpaired) electrons. The predicted molar refractivity (Wildman–Crippen MR) is 58.7 cm³/mol. The number of aryl methyl sites for hydroxylation is 1. The van der Waals surface area contributed by atoms with Gasteiger partial charge in [-0.2, -0.15) is 0 Å². The molecule has 0 saturated carbocycles. The fourth-order valence-corrected chi connectivity index (χ4v) is 1.15. The van der Waals surface area contributed by atoms with Crippen molar-refractivity contribution in [3.8, 4) is 11.8 Å². The first-order chi connectivity index (χ1) is 7.78. The molecule has 1 heterocycles. The first-order valence-corrected chi connectivity index (χ1v) is 4.79. The van der Waals surface area contributed by atoms with Gasteiger partial charge in [-0.3, -0.25) is 4.79 Å². The number of hydrogen-bond donors (Lipinski definition) is 0. The Morgan fingerprint density at radius 3 is 2.31 bits per heavy atom. The van der Waals surface area contributed by atoms with Crippen LogP contribution >= 0.6 is 0 Å². The number of aromatic nitrogens is 2. The number of carbonyl (C=O) groups is 1. The summed E-state index contributed by atoms with van der Waals surface area (Å²) in [4.78, 5) is 18.2. The zero-order valence-electron chi connectivity index (χ0n) is 8.75. The van der Waals surface area contributed by atoms with E-state index in [1.807, 2.05) is 31.2 Å². The maximum absolute atomic E-state index is 10.4. The van der Waals surface area contributed by atoms with E-state index in [2.05, 4.69) is 9.97 Å². The fraction of sp³-hybridized carbons (Fsp3) is 0.0833. The van der Waals surface area contributed by atoms with E-state index in [0.29, 0.717) is 17.6 Å². The van der Waals surface area contributed by atoms with Crippen LogP contribution in [0.3, 0.4) is 0 Å². The minimum atomic E-state index is 0.231. The van der Waals surface area contributed by atoms with Crippen molar-refractivity contribution in [2.24, 2.45) is 0 Å². The van der Waals surface area contributed by atoms with Crippen molar-refractivity contribution < 1.29 is 9.53 Å². The molecule has 0 atom stereocenters. The molecule has 0 fully saturated rings. The van der Waals surface area contributed by atoms with E-state index < -0.39 is 0 Å². The van der Waals surface area contributed by atoms with Gasteiger partial charge in [0.25, 0.3) is 0 Å². The topological polar surface area (TPSA) is 52.1 Å². The molecule has 0 unspecified atom stereocenters. The Kier molecular flexibility index (Phi) is 2.91. The van der Waals surface area contributed by atoms with Gasteiger partial charge in [0, 0.05) is 12.4 Å². The Bertz CT molecular complexity index is 477. The Morgan fingerprint density at radius 2 is 1.75 bits per heavy atom. The van der Waals surface area contributed by atoms with Gasteiger partial charge in [-0.25, -0.2) is 9.97 Å². The molecule has 4 nitrogen and oxygen atoms in total. The largest absolute Gasteiger partial charge is 0.424 e. The van der Waals surface area contributed by atoms with Crippen LogP contribution in [-0.4, -0.2) is 16.3 Å². The monoisotopic (exact) mass is 214 g/mol. The number of rotatable bonds is 3. The first-order valence-electron chi connectivity index (χ1n) is 4.79. The molecule has 16 heavy (non-hydrogen) atoms. The summed E-state index contributed by atoms with van der Waals surface area (Å²) in [5.41, 5.74) is 1.58. The standard InChI is InChI=1S/C12H10N2O2/c1-9-2-4-11(5-3-9)16-12-13-6-10(8-15)7-14-12/h2-8H,1H3. The molecule has 0 saturated heterocycles. The van der Waals surface area contributed by atoms with Crippen molar-refractivity contribution in [1.29, 1.82) is 0 Å². The van der Waals surface area contributed by atoms with Gasteiger partial charge in [0.05, 0.1) is 5.56 Å². The molecule has 0 aliphatic carbocycles. The van der Waals surface area contributed by atoms with E-state index in [1.165, 1.54) is 12.4 Å².